The van der Waals surface area contributed by atoms with Crippen LogP contribution >= 0.6 is 0 Å². The van der Waals surface area contributed by atoms with Crippen LogP contribution in [0, 0.1) is 5.92 Å². The van der Waals surface area contributed by atoms with Crippen LogP contribution in [0.4, 0.5) is 13.2 Å². The van der Waals surface area contributed by atoms with Gasteiger partial charge >= 0.3 is 6.18 Å². The van der Waals surface area contributed by atoms with Crippen molar-refractivity contribution in [3.8, 4) is 0 Å². The van der Waals surface area contributed by atoms with Gasteiger partial charge in [0.1, 0.15) is 5.69 Å². The molecule has 0 spiro atoms. The smallest absolute Gasteiger partial charge is 0.298 e. The van der Waals surface area contributed by atoms with Crippen LogP contribution < -0.4 is 5.56 Å². The fourth-order valence-corrected chi connectivity index (χ4v) is 4.22. The summed E-state index contributed by atoms with van der Waals surface area (Å²) in [4.78, 5) is 23.2. The average molecular weight is 392 g/mol. The summed E-state index contributed by atoms with van der Waals surface area (Å²) >= 11 is 0. The van der Waals surface area contributed by atoms with Crippen molar-refractivity contribution in [3.63, 3.8) is 0 Å². The maximum absolute atomic E-state index is 12.9. The van der Waals surface area contributed by atoms with Crippen LogP contribution in [0.1, 0.15) is 48.2 Å². The van der Waals surface area contributed by atoms with Crippen LogP contribution in [-0.4, -0.2) is 32.5 Å². The molecule has 0 saturated heterocycles. The van der Waals surface area contributed by atoms with E-state index in [2.05, 4.69) is 14.9 Å². The zero-order chi connectivity index (χ0) is 19.7. The molecule has 0 amide bonds. The number of aromatic nitrogens is 3. The predicted molar refractivity (Wildman–Crippen MR) is 97.8 cm³/mol. The Kier molecular flexibility index (Phi) is 5.23. The van der Waals surface area contributed by atoms with E-state index in [1.807, 2.05) is 0 Å². The van der Waals surface area contributed by atoms with Crippen molar-refractivity contribution in [2.45, 2.75) is 51.4 Å². The zero-order valence-electron chi connectivity index (χ0n) is 15.6. The lowest BCUT2D eigenvalue weighted by Gasteiger charge is -2.30. The van der Waals surface area contributed by atoms with Crippen molar-refractivity contribution in [1.29, 1.82) is 0 Å². The lowest BCUT2D eigenvalue weighted by atomic mass is 10.0. The first-order valence-electron chi connectivity index (χ1n) is 9.72. The van der Waals surface area contributed by atoms with E-state index in [0.29, 0.717) is 17.7 Å². The maximum atomic E-state index is 12.9. The molecule has 2 aliphatic rings. The number of nitrogens with zero attached hydrogens (tertiary/aromatic N) is 4. The molecule has 1 saturated carbocycles. The first kappa shape index (κ1) is 19.1. The highest BCUT2D eigenvalue weighted by atomic mass is 19.4. The van der Waals surface area contributed by atoms with Gasteiger partial charge < -0.3 is 0 Å². The average Bonchev–Trinajstić information content (AvgIpc) is 3.17. The highest BCUT2D eigenvalue weighted by Crippen LogP contribution is 2.28. The summed E-state index contributed by atoms with van der Waals surface area (Å²) in [5.41, 5.74) is 1.05. The Morgan fingerprint density at radius 2 is 1.93 bits per heavy atom. The van der Waals surface area contributed by atoms with Crippen molar-refractivity contribution in [3.05, 3.63) is 57.5 Å². The van der Waals surface area contributed by atoms with Gasteiger partial charge in [0.15, 0.2) is 0 Å². The first-order chi connectivity index (χ1) is 13.4. The third-order valence-corrected chi connectivity index (χ3v) is 5.73. The molecule has 0 atom stereocenters. The Hall–Kier alpha value is -2.22. The number of pyridine rings is 1. The highest BCUT2D eigenvalue weighted by molar-refractivity contribution is 5.21. The van der Waals surface area contributed by atoms with Gasteiger partial charge in [0.25, 0.3) is 5.56 Å². The van der Waals surface area contributed by atoms with Crippen LogP contribution in [-0.2, 0) is 25.7 Å². The minimum absolute atomic E-state index is 0.110. The molecule has 1 aliphatic heterocycles. The lowest BCUT2D eigenvalue weighted by molar-refractivity contribution is -0.141. The predicted octanol–water partition coefficient (Wildman–Crippen LogP) is 3.25. The van der Waals surface area contributed by atoms with Gasteiger partial charge in [0, 0.05) is 32.3 Å². The molecule has 2 aromatic rings. The van der Waals surface area contributed by atoms with Crippen molar-refractivity contribution >= 4 is 0 Å². The second kappa shape index (κ2) is 7.66. The van der Waals surface area contributed by atoms with E-state index in [4.69, 9.17) is 0 Å². The van der Waals surface area contributed by atoms with Gasteiger partial charge in [-0.05, 0) is 30.4 Å². The standard InChI is InChI=1S/C20H23F3N4O/c21-20(22,23)18-6-5-15(9-24-18)11-27-13-25-17-7-8-26(12-16(17)19(27)28)10-14-3-1-2-4-14/h5-6,9,13-14H,1-4,7-8,10-12H2. The summed E-state index contributed by atoms with van der Waals surface area (Å²) in [5, 5.41) is 0. The molecule has 0 aromatic carbocycles. The largest absolute Gasteiger partial charge is 0.433 e. The fourth-order valence-electron chi connectivity index (χ4n) is 4.22. The quantitative estimate of drug-likeness (QED) is 0.802. The SMILES string of the molecule is O=c1c2c(ncn1Cc1ccc(C(F)(F)F)nc1)CCN(CC1CCCC1)C2. The minimum atomic E-state index is -4.47. The summed E-state index contributed by atoms with van der Waals surface area (Å²) in [6.45, 7) is 2.70. The van der Waals surface area contributed by atoms with Gasteiger partial charge in [-0.15, -0.1) is 0 Å². The van der Waals surface area contributed by atoms with Crippen molar-refractivity contribution in [2.75, 3.05) is 13.1 Å². The van der Waals surface area contributed by atoms with E-state index in [9.17, 15) is 18.0 Å². The zero-order valence-corrected chi connectivity index (χ0v) is 15.6. The van der Waals surface area contributed by atoms with Gasteiger partial charge in [0.05, 0.1) is 24.1 Å². The molecule has 2 aromatic heterocycles. The molecule has 8 heteroatoms. The summed E-state index contributed by atoms with van der Waals surface area (Å²) in [6.07, 6.45) is 4.08. The van der Waals surface area contributed by atoms with Crippen molar-refractivity contribution in [1.82, 2.24) is 19.4 Å². The fraction of sp³-hybridized carbons (Fsp3) is 0.550. The third-order valence-electron chi connectivity index (χ3n) is 5.73. The molecule has 4 rings (SSSR count). The normalized spacial score (nSPS) is 18.4. The minimum Gasteiger partial charge on any atom is -0.298 e. The van der Waals surface area contributed by atoms with E-state index < -0.39 is 11.9 Å². The molecular formula is C20H23F3N4O. The Labute approximate surface area is 161 Å². The van der Waals surface area contributed by atoms with Crippen LogP contribution in [0.2, 0.25) is 0 Å². The van der Waals surface area contributed by atoms with Gasteiger partial charge in [-0.1, -0.05) is 18.9 Å². The second-order valence-corrected chi connectivity index (χ2v) is 7.79. The molecule has 1 fully saturated rings. The van der Waals surface area contributed by atoms with E-state index in [1.54, 1.807) is 0 Å². The van der Waals surface area contributed by atoms with Crippen LogP contribution in [0.3, 0.4) is 0 Å². The first-order valence-corrected chi connectivity index (χ1v) is 9.72. The molecule has 150 valence electrons. The number of halogens is 3. The van der Waals surface area contributed by atoms with E-state index in [1.165, 1.54) is 48.8 Å². The monoisotopic (exact) mass is 392 g/mol. The van der Waals surface area contributed by atoms with Crippen LogP contribution in [0.15, 0.2) is 29.5 Å². The lowest BCUT2D eigenvalue weighted by Crippen LogP contribution is -2.39. The summed E-state index contributed by atoms with van der Waals surface area (Å²) in [5.74, 6) is 0.721. The number of hydrogen-bond acceptors (Lipinski definition) is 4. The van der Waals surface area contributed by atoms with Crippen molar-refractivity contribution in [2.24, 2.45) is 5.92 Å². The van der Waals surface area contributed by atoms with Gasteiger partial charge in [-0.25, -0.2) is 4.98 Å². The van der Waals surface area contributed by atoms with E-state index in [-0.39, 0.29) is 12.1 Å². The van der Waals surface area contributed by atoms with E-state index in [0.717, 1.165) is 37.2 Å². The Morgan fingerprint density at radius 3 is 2.61 bits per heavy atom. The van der Waals surface area contributed by atoms with Crippen molar-refractivity contribution < 1.29 is 13.2 Å². The molecule has 0 radical (unpaired) electrons. The van der Waals surface area contributed by atoms with Crippen LogP contribution in [0.5, 0.6) is 0 Å². The molecule has 0 bridgehead atoms. The molecule has 28 heavy (non-hydrogen) atoms. The van der Waals surface area contributed by atoms with Gasteiger partial charge in [-0.2, -0.15) is 13.2 Å². The second-order valence-electron chi connectivity index (χ2n) is 7.79. The molecule has 5 nitrogen and oxygen atoms in total. The summed E-state index contributed by atoms with van der Waals surface area (Å²) in [6, 6.07) is 2.30. The van der Waals surface area contributed by atoms with Gasteiger partial charge in [-0.3, -0.25) is 19.2 Å². The van der Waals surface area contributed by atoms with E-state index >= 15 is 0 Å². The topological polar surface area (TPSA) is 51.0 Å². The highest BCUT2D eigenvalue weighted by Gasteiger charge is 2.32. The Balaban J connectivity index is 1.50. The molecule has 3 heterocycles. The number of rotatable bonds is 4. The summed E-state index contributed by atoms with van der Waals surface area (Å²) in [7, 11) is 0. The number of alkyl halides is 3. The Bertz CT molecular complexity index is 886. The molecule has 0 unspecified atom stereocenters. The maximum Gasteiger partial charge on any atom is 0.433 e. The third kappa shape index (κ3) is 4.11. The number of hydrogen-bond donors (Lipinski definition) is 0. The Morgan fingerprint density at radius 1 is 1.14 bits per heavy atom. The van der Waals surface area contributed by atoms with Crippen LogP contribution in [0.25, 0.3) is 0 Å². The molecule has 0 N–H and O–H groups in total. The molecular weight excluding hydrogens is 369 g/mol. The van der Waals surface area contributed by atoms with Gasteiger partial charge in [0.2, 0.25) is 0 Å². The summed E-state index contributed by atoms with van der Waals surface area (Å²) < 4.78 is 39.4. The number of fused-ring (bicyclic) bond motifs is 1. The molecule has 1 aliphatic carbocycles.